The van der Waals surface area contributed by atoms with Gasteiger partial charge in [0.2, 0.25) is 0 Å². The van der Waals surface area contributed by atoms with Gasteiger partial charge >= 0.3 is 6.09 Å². The fourth-order valence-corrected chi connectivity index (χ4v) is 4.95. The molecule has 1 unspecified atom stereocenters. The maximum Gasteiger partial charge on any atom is 0.410 e. The molecule has 0 saturated carbocycles. The van der Waals surface area contributed by atoms with Crippen LogP contribution in [0.2, 0.25) is 0 Å². The number of nitrogens with zero attached hydrogens (tertiary/aromatic N) is 2. The molecule has 1 aromatic carbocycles. The van der Waals surface area contributed by atoms with E-state index in [1.165, 1.54) is 28.7 Å². The number of hydrogen-bond donors (Lipinski definition) is 1. The molecule has 5 nitrogen and oxygen atoms in total. The van der Waals surface area contributed by atoms with Gasteiger partial charge in [0.1, 0.15) is 10.6 Å². The van der Waals surface area contributed by atoms with Crippen LogP contribution in [0.4, 0.5) is 4.79 Å². The summed E-state index contributed by atoms with van der Waals surface area (Å²) in [7, 11) is 0. The first-order valence-corrected chi connectivity index (χ1v) is 11.4. The molecule has 6 heteroatoms. The Hall–Kier alpha value is -1.92. The summed E-state index contributed by atoms with van der Waals surface area (Å²) in [6, 6.07) is 7.15. The van der Waals surface area contributed by atoms with Crippen molar-refractivity contribution in [2.24, 2.45) is 5.92 Å². The highest BCUT2D eigenvalue weighted by atomic mass is 32.1. The third kappa shape index (κ3) is 4.81. The van der Waals surface area contributed by atoms with Crippen LogP contribution >= 0.6 is 11.3 Å². The molecule has 4 rings (SSSR count). The average molecular weight is 414 g/mol. The van der Waals surface area contributed by atoms with Gasteiger partial charge in [0.15, 0.2) is 0 Å². The van der Waals surface area contributed by atoms with Crippen LogP contribution in [0, 0.1) is 5.92 Å². The topological polar surface area (TPSA) is 54.5 Å². The summed E-state index contributed by atoms with van der Waals surface area (Å²) in [4.78, 5) is 18.9. The van der Waals surface area contributed by atoms with E-state index in [9.17, 15) is 4.79 Å². The van der Waals surface area contributed by atoms with Crippen molar-refractivity contribution in [3.8, 4) is 0 Å². The molecule has 0 radical (unpaired) electrons. The lowest BCUT2D eigenvalue weighted by molar-refractivity contribution is 0.0270. The summed E-state index contributed by atoms with van der Waals surface area (Å²) < 4.78 is 6.71. The number of carbonyl (C=O) groups is 1. The monoisotopic (exact) mass is 413 g/mol. The number of fused-ring (bicyclic) bond motifs is 1. The van der Waals surface area contributed by atoms with Gasteiger partial charge in [-0.2, -0.15) is 0 Å². The number of benzene rings is 1. The number of amides is 1. The molecule has 1 amide bonds. The third-order valence-corrected chi connectivity index (χ3v) is 6.72. The van der Waals surface area contributed by atoms with Crippen molar-refractivity contribution in [2.75, 3.05) is 19.6 Å². The third-order valence-electron chi connectivity index (χ3n) is 5.61. The van der Waals surface area contributed by atoms with Crippen molar-refractivity contribution < 1.29 is 9.53 Å². The Balaban J connectivity index is 1.46. The molecular formula is C23H31N3O2S. The summed E-state index contributed by atoms with van der Waals surface area (Å²) >= 11 is 1.74. The van der Waals surface area contributed by atoms with Gasteiger partial charge in [0.05, 0.1) is 10.2 Å². The van der Waals surface area contributed by atoms with Crippen molar-refractivity contribution in [2.45, 2.75) is 58.6 Å². The first-order valence-electron chi connectivity index (χ1n) is 10.6. The minimum Gasteiger partial charge on any atom is -0.444 e. The number of rotatable bonds is 2. The maximum atomic E-state index is 12.3. The lowest BCUT2D eigenvalue weighted by Gasteiger charge is -2.29. The highest BCUT2D eigenvalue weighted by Crippen LogP contribution is 2.33. The van der Waals surface area contributed by atoms with Crippen molar-refractivity contribution in [1.29, 1.82) is 0 Å². The van der Waals surface area contributed by atoms with Gasteiger partial charge in [-0.05, 0) is 75.8 Å². The molecule has 1 saturated heterocycles. The predicted molar refractivity (Wildman–Crippen MR) is 119 cm³/mol. The van der Waals surface area contributed by atoms with Crippen LogP contribution in [-0.2, 0) is 4.74 Å². The number of ether oxygens (including phenoxy) is 1. The molecular weight excluding hydrogens is 382 g/mol. The first kappa shape index (κ1) is 20.4. The first-order chi connectivity index (χ1) is 13.8. The number of carbonyl (C=O) groups excluding carboxylic acids is 1. The lowest BCUT2D eigenvalue weighted by Crippen LogP contribution is -2.39. The number of thiazole rings is 1. The Morgan fingerprint density at radius 1 is 1.31 bits per heavy atom. The maximum absolute atomic E-state index is 12.3. The Morgan fingerprint density at radius 2 is 2.14 bits per heavy atom. The summed E-state index contributed by atoms with van der Waals surface area (Å²) in [6.45, 7) is 10.3. The van der Waals surface area contributed by atoms with E-state index in [0.29, 0.717) is 19.1 Å². The molecule has 156 valence electrons. The molecule has 0 spiro atoms. The molecule has 3 heterocycles. The van der Waals surface area contributed by atoms with Crippen molar-refractivity contribution in [3.63, 3.8) is 0 Å². The van der Waals surface area contributed by atoms with Gasteiger partial charge in [0.25, 0.3) is 0 Å². The van der Waals surface area contributed by atoms with Crippen LogP contribution in [0.3, 0.4) is 0 Å². The molecule has 2 aliphatic rings. The molecule has 0 aliphatic carbocycles. The minimum absolute atomic E-state index is 0.240. The van der Waals surface area contributed by atoms with Crippen molar-refractivity contribution >= 4 is 33.2 Å². The molecule has 29 heavy (non-hydrogen) atoms. The highest BCUT2D eigenvalue weighted by Gasteiger charge is 2.25. The minimum atomic E-state index is -0.461. The van der Waals surface area contributed by atoms with Gasteiger partial charge in [-0.15, -0.1) is 11.3 Å². The number of piperidine rings is 1. The van der Waals surface area contributed by atoms with E-state index in [2.05, 4.69) is 36.5 Å². The van der Waals surface area contributed by atoms with E-state index in [1.54, 1.807) is 16.2 Å². The van der Waals surface area contributed by atoms with Crippen molar-refractivity contribution in [1.82, 2.24) is 15.2 Å². The smallest absolute Gasteiger partial charge is 0.410 e. The van der Waals surface area contributed by atoms with Crippen molar-refractivity contribution in [3.05, 3.63) is 34.8 Å². The van der Waals surface area contributed by atoms with Gasteiger partial charge in [-0.25, -0.2) is 9.78 Å². The number of nitrogens with one attached hydrogen (secondary N) is 1. The molecule has 0 bridgehead atoms. The van der Waals surface area contributed by atoms with Gasteiger partial charge in [0, 0.05) is 19.1 Å². The van der Waals surface area contributed by atoms with Gasteiger partial charge in [-0.1, -0.05) is 19.1 Å². The van der Waals surface area contributed by atoms with E-state index in [4.69, 9.17) is 9.72 Å². The molecule has 1 aromatic heterocycles. The SMILES string of the molecule is CC1CC[C@H](c2ccc3sc(C4=CCN(C(=O)OC(C)(C)C)CC4)nc3c2)NC1. The Labute approximate surface area is 177 Å². The summed E-state index contributed by atoms with van der Waals surface area (Å²) in [5.41, 5.74) is 3.20. The van der Waals surface area contributed by atoms with E-state index < -0.39 is 5.60 Å². The normalized spacial score (nSPS) is 23.2. The summed E-state index contributed by atoms with van der Waals surface area (Å²) in [5.74, 6) is 0.763. The summed E-state index contributed by atoms with van der Waals surface area (Å²) in [5, 5.41) is 4.74. The largest absolute Gasteiger partial charge is 0.444 e. The van der Waals surface area contributed by atoms with E-state index in [0.717, 1.165) is 29.4 Å². The van der Waals surface area contributed by atoms with Crippen LogP contribution in [0.5, 0.6) is 0 Å². The second-order valence-corrected chi connectivity index (χ2v) is 10.3. The molecule has 2 atom stereocenters. The van der Waals surface area contributed by atoms with E-state index >= 15 is 0 Å². The van der Waals surface area contributed by atoms with Crippen LogP contribution in [-0.4, -0.2) is 41.2 Å². The van der Waals surface area contributed by atoms with Gasteiger partial charge < -0.3 is 15.0 Å². The van der Waals surface area contributed by atoms with Crippen LogP contribution < -0.4 is 5.32 Å². The second-order valence-electron chi connectivity index (χ2n) is 9.30. The highest BCUT2D eigenvalue weighted by molar-refractivity contribution is 7.19. The quantitative estimate of drug-likeness (QED) is 0.718. The van der Waals surface area contributed by atoms with Gasteiger partial charge in [-0.3, -0.25) is 0 Å². The van der Waals surface area contributed by atoms with E-state index in [1.807, 2.05) is 20.8 Å². The zero-order valence-corrected chi connectivity index (χ0v) is 18.6. The number of hydrogen-bond acceptors (Lipinski definition) is 5. The lowest BCUT2D eigenvalue weighted by atomic mass is 9.92. The van der Waals surface area contributed by atoms with E-state index in [-0.39, 0.29) is 6.09 Å². The molecule has 1 N–H and O–H groups in total. The fraction of sp³-hybridized carbons (Fsp3) is 0.565. The predicted octanol–water partition coefficient (Wildman–Crippen LogP) is 5.38. The molecule has 1 fully saturated rings. The fourth-order valence-electron chi connectivity index (χ4n) is 3.94. The Bertz CT molecular complexity index is 920. The van der Waals surface area contributed by atoms with Crippen LogP contribution in [0.15, 0.2) is 24.3 Å². The summed E-state index contributed by atoms with van der Waals surface area (Å²) in [6.07, 6.45) is 5.16. The molecule has 2 aliphatic heterocycles. The average Bonchev–Trinajstić information content (AvgIpc) is 3.11. The Kier molecular flexibility index (Phi) is 5.67. The number of aromatic nitrogens is 1. The standard InChI is InChI=1S/C23H31N3O2S/c1-15-5-7-18(24-14-15)17-6-8-20-19(13-17)25-21(29-20)16-9-11-26(12-10-16)22(27)28-23(2,3)4/h6,8-9,13,15,18,24H,5,7,10-12,14H2,1-4H3/t15?,18-/m1/s1. The zero-order valence-electron chi connectivity index (χ0n) is 17.8. The molecule has 2 aromatic rings. The van der Waals surface area contributed by atoms with Crippen LogP contribution in [0.1, 0.15) is 63.6 Å². The van der Waals surface area contributed by atoms with Crippen LogP contribution in [0.25, 0.3) is 15.8 Å². The Morgan fingerprint density at radius 3 is 2.79 bits per heavy atom. The second kappa shape index (κ2) is 8.07. The zero-order chi connectivity index (χ0) is 20.6.